The minimum atomic E-state index is -0.928. The van der Waals surface area contributed by atoms with Crippen molar-refractivity contribution in [2.24, 2.45) is 0 Å². The Morgan fingerprint density at radius 3 is 2.56 bits per heavy atom. The van der Waals surface area contributed by atoms with Crippen LogP contribution in [-0.2, 0) is 9.59 Å². The average molecular weight is 362 g/mol. The Bertz CT molecular complexity index is 798. The van der Waals surface area contributed by atoms with E-state index in [1.807, 2.05) is 0 Å². The molecule has 1 aliphatic heterocycles. The lowest BCUT2D eigenvalue weighted by Gasteiger charge is -2.34. The summed E-state index contributed by atoms with van der Waals surface area (Å²) in [6, 6.07) is 5.34. The highest BCUT2D eigenvalue weighted by Crippen LogP contribution is 2.15. The standard InChI is InChI=1S/C16H18N4O4S/c21-14(8-25-9-15(22)23)19-3-5-20(6-4-19)16(24)11-1-2-12-13(7-11)18-10-17-12/h1-2,7,10H,3-6,8-9H2,(H,17,18)(H,22,23). The first kappa shape index (κ1) is 17.3. The van der Waals surface area contributed by atoms with Gasteiger partial charge in [-0.15, -0.1) is 11.8 Å². The monoisotopic (exact) mass is 362 g/mol. The molecule has 1 aromatic heterocycles. The normalized spacial score (nSPS) is 14.7. The summed E-state index contributed by atoms with van der Waals surface area (Å²) in [6.07, 6.45) is 1.59. The number of aromatic nitrogens is 2. The molecule has 0 aliphatic carbocycles. The highest BCUT2D eigenvalue weighted by atomic mass is 32.2. The van der Waals surface area contributed by atoms with Crippen LogP contribution in [0.5, 0.6) is 0 Å². The summed E-state index contributed by atoms with van der Waals surface area (Å²) in [5, 5.41) is 8.60. The van der Waals surface area contributed by atoms with Crippen LogP contribution in [0, 0.1) is 0 Å². The van der Waals surface area contributed by atoms with Gasteiger partial charge in [0.15, 0.2) is 0 Å². The molecule has 1 fully saturated rings. The quantitative estimate of drug-likeness (QED) is 0.809. The number of carboxylic acid groups (broad SMARTS) is 1. The summed E-state index contributed by atoms with van der Waals surface area (Å²) in [7, 11) is 0. The third-order valence-electron chi connectivity index (χ3n) is 4.04. The molecule has 0 saturated carbocycles. The molecule has 2 N–H and O–H groups in total. The minimum Gasteiger partial charge on any atom is -0.481 e. The van der Waals surface area contributed by atoms with Crippen LogP contribution >= 0.6 is 11.8 Å². The summed E-state index contributed by atoms with van der Waals surface area (Å²) in [5.74, 6) is -1.01. The highest BCUT2D eigenvalue weighted by molar-refractivity contribution is 8.00. The number of carbonyl (C=O) groups excluding carboxylic acids is 2. The van der Waals surface area contributed by atoms with Crippen molar-refractivity contribution in [1.82, 2.24) is 19.8 Å². The molecule has 1 aromatic carbocycles. The van der Waals surface area contributed by atoms with Crippen LogP contribution in [0.3, 0.4) is 0 Å². The van der Waals surface area contributed by atoms with Crippen LogP contribution in [0.1, 0.15) is 10.4 Å². The number of hydrogen-bond acceptors (Lipinski definition) is 5. The van der Waals surface area contributed by atoms with Gasteiger partial charge in [0.25, 0.3) is 5.91 Å². The topological polar surface area (TPSA) is 107 Å². The van der Waals surface area contributed by atoms with E-state index in [0.29, 0.717) is 31.7 Å². The number of hydrogen-bond donors (Lipinski definition) is 2. The second-order valence-electron chi connectivity index (χ2n) is 5.69. The van der Waals surface area contributed by atoms with Crippen LogP contribution in [0.4, 0.5) is 0 Å². The van der Waals surface area contributed by atoms with Gasteiger partial charge in [-0.3, -0.25) is 14.4 Å². The Hall–Kier alpha value is -2.55. The lowest BCUT2D eigenvalue weighted by atomic mass is 10.1. The SMILES string of the molecule is O=C(O)CSCC(=O)N1CCN(C(=O)c2ccc3nc[nH]c3c2)CC1. The predicted octanol–water partition coefficient (Wildman–Crippen LogP) is 0.665. The van der Waals surface area contributed by atoms with E-state index in [0.717, 1.165) is 22.8 Å². The number of nitrogens with zero attached hydrogens (tertiary/aromatic N) is 3. The van der Waals surface area contributed by atoms with Gasteiger partial charge in [0.2, 0.25) is 5.91 Å². The smallest absolute Gasteiger partial charge is 0.313 e. The number of rotatable bonds is 5. The first-order valence-electron chi connectivity index (χ1n) is 7.84. The molecule has 9 heteroatoms. The van der Waals surface area contributed by atoms with Crippen molar-refractivity contribution >= 4 is 40.6 Å². The largest absolute Gasteiger partial charge is 0.481 e. The van der Waals surface area contributed by atoms with Gasteiger partial charge in [0.05, 0.1) is 28.9 Å². The van der Waals surface area contributed by atoms with Crippen LogP contribution in [0.15, 0.2) is 24.5 Å². The number of nitrogens with one attached hydrogen (secondary N) is 1. The van der Waals surface area contributed by atoms with E-state index < -0.39 is 5.97 Å². The molecular formula is C16H18N4O4S. The zero-order chi connectivity index (χ0) is 17.8. The first-order valence-corrected chi connectivity index (χ1v) is 9.00. The van der Waals surface area contributed by atoms with Gasteiger partial charge >= 0.3 is 5.97 Å². The molecule has 0 bridgehead atoms. The van der Waals surface area contributed by atoms with Crippen molar-refractivity contribution in [3.05, 3.63) is 30.1 Å². The summed E-state index contributed by atoms with van der Waals surface area (Å²) in [4.78, 5) is 45.7. The number of aromatic amines is 1. The fourth-order valence-electron chi connectivity index (χ4n) is 2.73. The van der Waals surface area contributed by atoms with Gasteiger partial charge in [0.1, 0.15) is 0 Å². The molecule has 0 radical (unpaired) electrons. The molecule has 1 aliphatic rings. The van der Waals surface area contributed by atoms with Crippen molar-refractivity contribution in [2.45, 2.75) is 0 Å². The molecular weight excluding hydrogens is 344 g/mol. The number of benzene rings is 1. The molecule has 2 amide bonds. The Balaban J connectivity index is 1.53. The molecule has 2 aromatic rings. The number of H-pyrrole nitrogens is 1. The molecule has 3 rings (SSSR count). The molecule has 132 valence electrons. The first-order chi connectivity index (χ1) is 12.0. The lowest BCUT2D eigenvalue weighted by molar-refractivity contribution is -0.133. The lowest BCUT2D eigenvalue weighted by Crippen LogP contribution is -2.51. The van der Waals surface area contributed by atoms with E-state index in [1.165, 1.54) is 0 Å². The van der Waals surface area contributed by atoms with Crippen molar-refractivity contribution in [3.63, 3.8) is 0 Å². The second-order valence-corrected chi connectivity index (χ2v) is 6.68. The van der Waals surface area contributed by atoms with Crippen LogP contribution in [-0.4, -0.2) is 80.3 Å². The van der Waals surface area contributed by atoms with E-state index in [9.17, 15) is 14.4 Å². The number of thioether (sulfide) groups is 1. The summed E-state index contributed by atoms with van der Waals surface area (Å²) < 4.78 is 0. The third kappa shape index (κ3) is 4.11. The van der Waals surface area contributed by atoms with E-state index in [-0.39, 0.29) is 23.3 Å². The molecule has 0 atom stereocenters. The predicted molar refractivity (Wildman–Crippen MR) is 93.5 cm³/mol. The van der Waals surface area contributed by atoms with E-state index in [4.69, 9.17) is 5.11 Å². The van der Waals surface area contributed by atoms with Crippen molar-refractivity contribution < 1.29 is 19.5 Å². The molecule has 25 heavy (non-hydrogen) atoms. The van der Waals surface area contributed by atoms with E-state index in [1.54, 1.807) is 34.3 Å². The number of fused-ring (bicyclic) bond motifs is 1. The fourth-order valence-corrected chi connectivity index (χ4v) is 3.36. The number of piperazine rings is 1. The molecule has 0 spiro atoms. The van der Waals surface area contributed by atoms with Gasteiger partial charge in [0, 0.05) is 31.7 Å². The maximum absolute atomic E-state index is 12.6. The summed E-state index contributed by atoms with van der Waals surface area (Å²) in [5.41, 5.74) is 2.22. The van der Waals surface area contributed by atoms with Gasteiger partial charge < -0.3 is 19.9 Å². The second kappa shape index (κ2) is 7.56. The number of aliphatic carboxylic acids is 1. The molecule has 1 saturated heterocycles. The number of amides is 2. The Labute approximate surface area is 148 Å². The number of imidazole rings is 1. The van der Waals surface area contributed by atoms with E-state index in [2.05, 4.69) is 9.97 Å². The van der Waals surface area contributed by atoms with Crippen molar-refractivity contribution in [2.75, 3.05) is 37.7 Å². The van der Waals surface area contributed by atoms with Gasteiger partial charge in [-0.05, 0) is 18.2 Å². The maximum atomic E-state index is 12.6. The highest BCUT2D eigenvalue weighted by Gasteiger charge is 2.25. The Morgan fingerprint density at radius 2 is 1.84 bits per heavy atom. The Morgan fingerprint density at radius 1 is 1.12 bits per heavy atom. The van der Waals surface area contributed by atoms with E-state index >= 15 is 0 Å². The van der Waals surface area contributed by atoms with Crippen LogP contribution in [0.25, 0.3) is 11.0 Å². The van der Waals surface area contributed by atoms with Crippen molar-refractivity contribution in [3.8, 4) is 0 Å². The maximum Gasteiger partial charge on any atom is 0.313 e. The fraction of sp³-hybridized carbons (Fsp3) is 0.375. The van der Waals surface area contributed by atoms with Crippen LogP contribution < -0.4 is 0 Å². The minimum absolute atomic E-state index is 0.0659. The van der Waals surface area contributed by atoms with Gasteiger partial charge in [-0.2, -0.15) is 0 Å². The average Bonchev–Trinajstić information content (AvgIpc) is 3.08. The summed E-state index contributed by atoms with van der Waals surface area (Å²) >= 11 is 1.09. The number of carbonyl (C=O) groups is 3. The van der Waals surface area contributed by atoms with Crippen LogP contribution in [0.2, 0.25) is 0 Å². The zero-order valence-corrected chi connectivity index (χ0v) is 14.3. The third-order valence-corrected chi connectivity index (χ3v) is 4.94. The summed E-state index contributed by atoms with van der Waals surface area (Å²) in [6.45, 7) is 1.86. The van der Waals surface area contributed by atoms with Crippen molar-refractivity contribution in [1.29, 1.82) is 0 Å². The number of carboxylic acids is 1. The molecule has 2 heterocycles. The van der Waals surface area contributed by atoms with Gasteiger partial charge in [-0.1, -0.05) is 0 Å². The molecule has 0 unspecified atom stereocenters. The molecule has 8 nitrogen and oxygen atoms in total. The van der Waals surface area contributed by atoms with Gasteiger partial charge in [-0.25, -0.2) is 4.98 Å². The Kier molecular flexibility index (Phi) is 5.22. The zero-order valence-electron chi connectivity index (χ0n) is 13.5.